The Morgan fingerprint density at radius 3 is 3.00 bits per heavy atom. The third-order valence-corrected chi connectivity index (χ3v) is 1.73. The van der Waals surface area contributed by atoms with Crippen molar-refractivity contribution in [3.63, 3.8) is 0 Å². The first-order chi connectivity index (χ1) is 4.33. The Kier molecular flexibility index (Phi) is 2.10. The molecule has 0 unspecified atom stereocenters. The average molecular weight is 158 g/mol. The molecular weight excluding hydrogens is 154 g/mol. The number of halogens is 1. The van der Waals surface area contributed by atoms with Crippen molar-refractivity contribution in [2.24, 2.45) is 0 Å². The third kappa shape index (κ3) is 1.70. The van der Waals surface area contributed by atoms with Crippen LogP contribution in [-0.2, 0) is 0 Å². The molecule has 0 radical (unpaired) electrons. The molecule has 46 valence electrons. The van der Waals surface area contributed by atoms with Crippen molar-refractivity contribution in [3.05, 3.63) is 16.1 Å². The average Bonchev–Trinajstić information content (AvgIpc) is 2.17. The second-order valence-corrected chi connectivity index (χ2v) is 2.58. The summed E-state index contributed by atoms with van der Waals surface area (Å²) >= 11 is 6.85. The molecule has 1 nitrogen and oxygen atoms in total. The first-order valence-corrected chi connectivity index (χ1v) is 3.53. The van der Waals surface area contributed by atoms with Crippen molar-refractivity contribution in [2.45, 2.75) is 6.92 Å². The van der Waals surface area contributed by atoms with Crippen molar-refractivity contribution in [1.82, 2.24) is 4.37 Å². The molecule has 0 saturated carbocycles. The zero-order chi connectivity index (χ0) is 6.69. The van der Waals surface area contributed by atoms with Crippen LogP contribution in [0.5, 0.6) is 0 Å². The van der Waals surface area contributed by atoms with E-state index in [2.05, 4.69) is 16.2 Å². The maximum absolute atomic E-state index is 5.53. The molecule has 9 heavy (non-hydrogen) atoms. The molecule has 0 aliphatic carbocycles. The number of nitrogens with zero attached hydrogens (tertiary/aromatic N) is 1. The van der Waals surface area contributed by atoms with Crippen LogP contribution in [0.15, 0.2) is 6.07 Å². The molecule has 1 aromatic rings. The number of rotatable bonds is 0. The van der Waals surface area contributed by atoms with Crippen LogP contribution in [0.25, 0.3) is 0 Å². The highest BCUT2D eigenvalue weighted by Gasteiger charge is 1.92. The zero-order valence-corrected chi connectivity index (χ0v) is 6.38. The molecule has 0 aliphatic rings. The standard InChI is InChI=1S/C6H4ClNS/c1-2-3-5-4-6(7)8-9-5/h4H,1H3. The van der Waals surface area contributed by atoms with Gasteiger partial charge >= 0.3 is 0 Å². The molecule has 0 saturated heterocycles. The Morgan fingerprint density at radius 2 is 2.56 bits per heavy atom. The first kappa shape index (κ1) is 6.60. The van der Waals surface area contributed by atoms with E-state index in [-0.39, 0.29) is 0 Å². The number of hydrogen-bond donors (Lipinski definition) is 0. The molecule has 1 aromatic heterocycles. The second kappa shape index (κ2) is 2.86. The maximum atomic E-state index is 5.53. The van der Waals surface area contributed by atoms with Gasteiger partial charge in [0.05, 0.1) is 4.88 Å². The highest BCUT2D eigenvalue weighted by Crippen LogP contribution is 2.12. The van der Waals surface area contributed by atoms with Crippen molar-refractivity contribution in [3.8, 4) is 11.8 Å². The van der Waals surface area contributed by atoms with Crippen molar-refractivity contribution < 1.29 is 0 Å². The Hall–Kier alpha value is -0.520. The molecule has 0 amide bonds. The van der Waals surface area contributed by atoms with Crippen LogP contribution >= 0.6 is 23.1 Å². The Bertz CT molecular complexity index is 256. The van der Waals surface area contributed by atoms with E-state index >= 15 is 0 Å². The molecule has 0 spiro atoms. The van der Waals surface area contributed by atoms with Gasteiger partial charge in [-0.25, -0.2) is 0 Å². The molecule has 1 heterocycles. The van der Waals surface area contributed by atoms with Gasteiger partial charge in [-0.15, -0.1) is 5.92 Å². The molecule has 0 aromatic carbocycles. The summed E-state index contributed by atoms with van der Waals surface area (Å²) in [6.07, 6.45) is 0. The fraction of sp³-hybridized carbons (Fsp3) is 0.167. The van der Waals surface area contributed by atoms with Crippen LogP contribution < -0.4 is 0 Å². The van der Waals surface area contributed by atoms with Crippen LogP contribution in [0.3, 0.4) is 0 Å². The van der Waals surface area contributed by atoms with E-state index < -0.39 is 0 Å². The van der Waals surface area contributed by atoms with E-state index in [0.29, 0.717) is 5.15 Å². The van der Waals surface area contributed by atoms with Gasteiger partial charge in [0.25, 0.3) is 0 Å². The summed E-state index contributed by atoms with van der Waals surface area (Å²) in [5.74, 6) is 5.61. The number of aromatic nitrogens is 1. The quantitative estimate of drug-likeness (QED) is 0.526. The van der Waals surface area contributed by atoms with Gasteiger partial charge in [-0.3, -0.25) is 0 Å². The van der Waals surface area contributed by atoms with Crippen LogP contribution in [0.1, 0.15) is 11.8 Å². The second-order valence-electron chi connectivity index (χ2n) is 1.39. The van der Waals surface area contributed by atoms with Gasteiger partial charge in [0.15, 0.2) is 0 Å². The summed E-state index contributed by atoms with van der Waals surface area (Å²) < 4.78 is 3.84. The lowest BCUT2D eigenvalue weighted by Crippen LogP contribution is -1.55. The van der Waals surface area contributed by atoms with Gasteiger partial charge in [-0.1, -0.05) is 17.5 Å². The predicted octanol–water partition coefficient (Wildman–Crippen LogP) is 2.17. The maximum Gasteiger partial charge on any atom is 0.144 e. The SMILES string of the molecule is CC#Cc1cc(Cl)ns1. The van der Waals surface area contributed by atoms with Gasteiger partial charge < -0.3 is 0 Å². The summed E-state index contributed by atoms with van der Waals surface area (Å²) in [6.45, 7) is 1.79. The lowest BCUT2D eigenvalue weighted by Gasteiger charge is -1.68. The number of hydrogen-bond acceptors (Lipinski definition) is 2. The van der Waals surface area contributed by atoms with E-state index in [9.17, 15) is 0 Å². The van der Waals surface area contributed by atoms with E-state index in [1.807, 2.05) is 0 Å². The molecule has 0 N–H and O–H groups in total. The van der Waals surface area contributed by atoms with Crippen molar-refractivity contribution >= 4 is 23.1 Å². The molecule has 0 fully saturated rings. The van der Waals surface area contributed by atoms with Crippen LogP contribution in [0.2, 0.25) is 5.15 Å². The van der Waals surface area contributed by atoms with E-state index in [4.69, 9.17) is 11.6 Å². The van der Waals surface area contributed by atoms with Crippen molar-refractivity contribution in [2.75, 3.05) is 0 Å². The minimum Gasteiger partial charge on any atom is -0.180 e. The largest absolute Gasteiger partial charge is 0.180 e. The lowest BCUT2D eigenvalue weighted by molar-refractivity contribution is 1.58. The summed E-state index contributed by atoms with van der Waals surface area (Å²) in [5.41, 5.74) is 0. The van der Waals surface area contributed by atoms with Gasteiger partial charge in [0, 0.05) is 6.07 Å². The zero-order valence-electron chi connectivity index (χ0n) is 4.81. The molecular formula is C6H4ClNS. The summed E-state index contributed by atoms with van der Waals surface area (Å²) in [5, 5.41) is 0.526. The fourth-order valence-corrected chi connectivity index (χ4v) is 1.26. The lowest BCUT2D eigenvalue weighted by atomic mass is 10.5. The molecule has 0 atom stereocenters. The van der Waals surface area contributed by atoms with Crippen LogP contribution in [0, 0.1) is 11.8 Å². The highest BCUT2D eigenvalue weighted by atomic mass is 35.5. The Labute approximate surface area is 62.8 Å². The van der Waals surface area contributed by atoms with E-state index in [0.717, 1.165) is 4.88 Å². The fourth-order valence-electron chi connectivity index (χ4n) is 0.436. The van der Waals surface area contributed by atoms with Gasteiger partial charge in [-0.2, -0.15) is 4.37 Å². The normalized spacial score (nSPS) is 8.22. The van der Waals surface area contributed by atoms with E-state index in [1.165, 1.54) is 11.5 Å². The van der Waals surface area contributed by atoms with Crippen molar-refractivity contribution in [1.29, 1.82) is 0 Å². The summed E-state index contributed by atoms with van der Waals surface area (Å²) in [4.78, 5) is 0.919. The highest BCUT2D eigenvalue weighted by molar-refractivity contribution is 7.06. The molecule has 1 rings (SSSR count). The first-order valence-electron chi connectivity index (χ1n) is 2.38. The van der Waals surface area contributed by atoms with Crippen LogP contribution in [-0.4, -0.2) is 4.37 Å². The minimum atomic E-state index is 0.526. The van der Waals surface area contributed by atoms with Gasteiger partial charge in [0.1, 0.15) is 5.15 Å². The predicted molar refractivity (Wildman–Crippen MR) is 39.7 cm³/mol. The van der Waals surface area contributed by atoms with E-state index in [1.54, 1.807) is 13.0 Å². The van der Waals surface area contributed by atoms with Gasteiger partial charge in [-0.05, 0) is 18.5 Å². The summed E-state index contributed by atoms with van der Waals surface area (Å²) in [7, 11) is 0. The summed E-state index contributed by atoms with van der Waals surface area (Å²) in [6, 6.07) is 1.75. The monoisotopic (exact) mass is 157 g/mol. The van der Waals surface area contributed by atoms with Gasteiger partial charge in [0.2, 0.25) is 0 Å². The minimum absolute atomic E-state index is 0.526. The topological polar surface area (TPSA) is 12.9 Å². The van der Waals surface area contributed by atoms with Crippen LogP contribution in [0.4, 0.5) is 0 Å². The Morgan fingerprint density at radius 1 is 1.78 bits per heavy atom. The molecule has 3 heteroatoms. The third-order valence-electron chi connectivity index (χ3n) is 0.730. The smallest absolute Gasteiger partial charge is 0.144 e. The molecule has 0 bridgehead atoms. The molecule has 0 aliphatic heterocycles. The Balaban J connectivity index is 2.93.